The lowest BCUT2D eigenvalue weighted by atomic mass is 10.1. The van der Waals surface area contributed by atoms with Crippen molar-refractivity contribution >= 4 is 37.5 Å². The molecule has 5 nitrogen and oxygen atoms in total. The number of anilines is 1. The number of sulfonamides is 1. The molecule has 0 saturated carbocycles. The van der Waals surface area contributed by atoms with Crippen LogP contribution < -0.4 is 9.62 Å². The van der Waals surface area contributed by atoms with E-state index in [4.69, 9.17) is 0 Å². The van der Waals surface area contributed by atoms with Gasteiger partial charge in [0, 0.05) is 4.47 Å². The number of benzene rings is 3. The van der Waals surface area contributed by atoms with Crippen LogP contribution in [0.4, 0.5) is 5.69 Å². The molecule has 0 aliphatic heterocycles. The summed E-state index contributed by atoms with van der Waals surface area (Å²) >= 11 is 3.36. The summed E-state index contributed by atoms with van der Waals surface area (Å²) in [5.41, 5.74) is 2.32. The van der Waals surface area contributed by atoms with Crippen LogP contribution in [-0.4, -0.2) is 20.9 Å². The minimum atomic E-state index is -3.92. The molecule has 0 radical (unpaired) electrons. The Kier molecular flexibility index (Phi) is 6.95. The Morgan fingerprint density at radius 3 is 2.17 bits per heavy atom. The topological polar surface area (TPSA) is 66.5 Å². The van der Waals surface area contributed by atoms with E-state index in [9.17, 15) is 13.2 Å². The van der Waals surface area contributed by atoms with Gasteiger partial charge in [-0.05, 0) is 55.8 Å². The first-order chi connectivity index (χ1) is 14.3. The van der Waals surface area contributed by atoms with Crippen LogP contribution in [0.5, 0.6) is 0 Å². The summed E-state index contributed by atoms with van der Waals surface area (Å²) in [6.07, 6.45) is 0. The quantitative estimate of drug-likeness (QED) is 0.519. The van der Waals surface area contributed by atoms with Crippen molar-refractivity contribution in [3.8, 4) is 0 Å². The van der Waals surface area contributed by atoms with Gasteiger partial charge in [-0.1, -0.05) is 64.0 Å². The predicted octanol–water partition coefficient (Wildman–Crippen LogP) is 4.83. The highest BCUT2D eigenvalue weighted by Crippen LogP contribution is 2.25. The van der Waals surface area contributed by atoms with Gasteiger partial charge < -0.3 is 5.32 Å². The second-order valence-electron chi connectivity index (χ2n) is 7.00. The van der Waals surface area contributed by atoms with E-state index in [-0.39, 0.29) is 23.4 Å². The minimum Gasteiger partial charge on any atom is -0.348 e. The van der Waals surface area contributed by atoms with Crippen LogP contribution >= 0.6 is 15.9 Å². The maximum atomic E-state index is 13.4. The van der Waals surface area contributed by atoms with E-state index >= 15 is 0 Å². The summed E-state index contributed by atoms with van der Waals surface area (Å²) < 4.78 is 28.7. The molecule has 1 N–H and O–H groups in total. The van der Waals surface area contributed by atoms with Crippen molar-refractivity contribution in [1.29, 1.82) is 0 Å². The van der Waals surface area contributed by atoms with Gasteiger partial charge in [0.1, 0.15) is 6.54 Å². The fourth-order valence-electron chi connectivity index (χ4n) is 3.00. The average Bonchev–Trinajstić information content (AvgIpc) is 2.73. The van der Waals surface area contributed by atoms with Gasteiger partial charge in [0.25, 0.3) is 10.0 Å². The van der Waals surface area contributed by atoms with Crippen molar-refractivity contribution in [2.75, 3.05) is 10.8 Å². The molecule has 0 fully saturated rings. The molecule has 3 aromatic carbocycles. The van der Waals surface area contributed by atoms with Crippen LogP contribution in [0.1, 0.15) is 24.1 Å². The maximum absolute atomic E-state index is 13.4. The molecule has 0 unspecified atom stereocenters. The molecular weight excluding hydrogens is 464 g/mol. The summed E-state index contributed by atoms with van der Waals surface area (Å²) in [4.78, 5) is 12.9. The molecule has 3 aromatic rings. The number of hydrogen-bond donors (Lipinski definition) is 1. The van der Waals surface area contributed by atoms with Gasteiger partial charge in [-0.15, -0.1) is 0 Å². The van der Waals surface area contributed by atoms with Crippen LogP contribution in [0.25, 0.3) is 0 Å². The Morgan fingerprint density at radius 1 is 0.967 bits per heavy atom. The lowest BCUT2D eigenvalue weighted by molar-refractivity contribution is -0.120. The lowest BCUT2D eigenvalue weighted by Gasteiger charge is -2.25. The summed E-state index contributed by atoms with van der Waals surface area (Å²) in [6.45, 7) is 3.43. The third kappa shape index (κ3) is 5.29. The smallest absolute Gasteiger partial charge is 0.264 e. The van der Waals surface area contributed by atoms with E-state index in [1.54, 1.807) is 48.5 Å². The normalized spacial score (nSPS) is 12.2. The van der Waals surface area contributed by atoms with Crippen LogP contribution in [0.15, 0.2) is 88.2 Å². The molecular formula is C23H23BrN2O3S. The van der Waals surface area contributed by atoms with Crippen LogP contribution in [-0.2, 0) is 14.8 Å². The molecule has 7 heteroatoms. The average molecular weight is 487 g/mol. The Labute approximate surface area is 185 Å². The fourth-order valence-corrected chi connectivity index (χ4v) is 4.69. The lowest BCUT2D eigenvalue weighted by Crippen LogP contribution is -2.41. The molecule has 0 spiro atoms. The van der Waals surface area contributed by atoms with Crippen molar-refractivity contribution < 1.29 is 13.2 Å². The summed E-state index contributed by atoms with van der Waals surface area (Å²) in [5, 5.41) is 2.89. The molecule has 3 rings (SSSR count). The van der Waals surface area contributed by atoms with E-state index in [1.165, 1.54) is 0 Å². The van der Waals surface area contributed by atoms with E-state index in [2.05, 4.69) is 21.2 Å². The SMILES string of the molecule is Cc1ccc(S(=O)(=O)N(CC(=O)N[C@H](C)c2ccccc2)c2ccc(Br)cc2)cc1. The number of amides is 1. The molecule has 0 aliphatic carbocycles. The molecule has 0 saturated heterocycles. The molecule has 0 bridgehead atoms. The molecule has 30 heavy (non-hydrogen) atoms. The van der Waals surface area contributed by atoms with Gasteiger partial charge in [0.2, 0.25) is 5.91 Å². The first-order valence-corrected chi connectivity index (χ1v) is 11.7. The van der Waals surface area contributed by atoms with Crippen LogP contribution in [0.2, 0.25) is 0 Å². The first kappa shape index (κ1) is 22.1. The standard InChI is InChI=1S/C23H23BrN2O3S/c1-17-8-14-22(15-9-17)30(28,29)26(21-12-10-20(24)11-13-21)16-23(27)25-18(2)19-6-4-3-5-7-19/h3-15,18H,16H2,1-2H3,(H,25,27)/t18-/m1/s1. The molecule has 1 amide bonds. The number of nitrogens with zero attached hydrogens (tertiary/aromatic N) is 1. The Hall–Kier alpha value is -2.64. The van der Waals surface area contributed by atoms with Gasteiger partial charge in [-0.25, -0.2) is 8.42 Å². The van der Waals surface area contributed by atoms with Gasteiger partial charge >= 0.3 is 0 Å². The monoisotopic (exact) mass is 486 g/mol. The number of nitrogens with one attached hydrogen (secondary N) is 1. The number of hydrogen-bond acceptors (Lipinski definition) is 3. The van der Waals surface area contributed by atoms with Crippen molar-refractivity contribution in [3.05, 3.63) is 94.5 Å². The van der Waals surface area contributed by atoms with Crippen molar-refractivity contribution in [1.82, 2.24) is 5.32 Å². The molecule has 0 aliphatic rings. The van der Waals surface area contributed by atoms with E-state index in [0.29, 0.717) is 5.69 Å². The van der Waals surface area contributed by atoms with Gasteiger partial charge in [0.15, 0.2) is 0 Å². The summed E-state index contributed by atoms with van der Waals surface area (Å²) in [5.74, 6) is -0.384. The molecule has 0 aromatic heterocycles. The first-order valence-electron chi connectivity index (χ1n) is 9.46. The number of rotatable bonds is 7. The number of halogens is 1. The largest absolute Gasteiger partial charge is 0.348 e. The van der Waals surface area contributed by atoms with E-state index in [1.807, 2.05) is 44.2 Å². The zero-order valence-corrected chi connectivity index (χ0v) is 19.2. The summed E-state index contributed by atoms with van der Waals surface area (Å²) in [7, 11) is -3.92. The zero-order valence-electron chi connectivity index (χ0n) is 16.7. The van der Waals surface area contributed by atoms with Crippen molar-refractivity contribution in [3.63, 3.8) is 0 Å². The van der Waals surface area contributed by atoms with Gasteiger partial charge in [0.05, 0.1) is 16.6 Å². The van der Waals surface area contributed by atoms with E-state index < -0.39 is 10.0 Å². The molecule has 0 heterocycles. The maximum Gasteiger partial charge on any atom is 0.264 e. The highest BCUT2D eigenvalue weighted by molar-refractivity contribution is 9.10. The third-order valence-electron chi connectivity index (χ3n) is 4.69. The third-order valence-corrected chi connectivity index (χ3v) is 7.00. The Bertz CT molecular complexity index is 1100. The zero-order chi connectivity index (χ0) is 21.7. The number of carbonyl (C=O) groups excluding carboxylic acids is 1. The minimum absolute atomic E-state index is 0.139. The predicted molar refractivity (Wildman–Crippen MR) is 123 cm³/mol. The second-order valence-corrected chi connectivity index (χ2v) is 9.78. The van der Waals surface area contributed by atoms with Crippen molar-refractivity contribution in [2.24, 2.45) is 0 Å². The summed E-state index contributed by atoms with van der Waals surface area (Å²) in [6, 6.07) is 22.7. The number of carbonyl (C=O) groups is 1. The van der Waals surface area contributed by atoms with Crippen LogP contribution in [0.3, 0.4) is 0 Å². The van der Waals surface area contributed by atoms with Gasteiger partial charge in [-0.2, -0.15) is 0 Å². The molecule has 156 valence electrons. The second kappa shape index (κ2) is 9.45. The Balaban J connectivity index is 1.89. The Morgan fingerprint density at radius 2 is 1.57 bits per heavy atom. The highest BCUT2D eigenvalue weighted by atomic mass is 79.9. The fraction of sp³-hybridized carbons (Fsp3) is 0.174. The van der Waals surface area contributed by atoms with Gasteiger partial charge in [-0.3, -0.25) is 9.10 Å². The highest BCUT2D eigenvalue weighted by Gasteiger charge is 2.27. The van der Waals surface area contributed by atoms with Crippen LogP contribution in [0, 0.1) is 6.92 Å². The van der Waals surface area contributed by atoms with Crippen molar-refractivity contribution in [2.45, 2.75) is 24.8 Å². The number of aryl methyl sites for hydroxylation is 1. The molecule has 1 atom stereocenters. The van der Waals surface area contributed by atoms with E-state index in [0.717, 1.165) is 19.9 Å².